The van der Waals surface area contributed by atoms with Crippen LogP contribution in [0.25, 0.3) is 0 Å². The second kappa shape index (κ2) is 4.67. The monoisotopic (exact) mass is 248 g/mol. The maximum Gasteiger partial charge on any atom is 0.0927 e. The predicted molar refractivity (Wildman–Crippen MR) is 73.7 cm³/mol. The molecule has 1 N–H and O–H groups in total. The lowest BCUT2D eigenvalue weighted by Crippen LogP contribution is -2.37. The van der Waals surface area contributed by atoms with Crippen molar-refractivity contribution in [3.63, 3.8) is 0 Å². The van der Waals surface area contributed by atoms with E-state index in [0.717, 1.165) is 12.0 Å². The number of rotatable bonds is 1. The molecular formula is C16H24O2. The van der Waals surface area contributed by atoms with Gasteiger partial charge >= 0.3 is 0 Å². The molecule has 0 aromatic heterocycles. The summed E-state index contributed by atoms with van der Waals surface area (Å²) in [6, 6.07) is 8.62. The van der Waals surface area contributed by atoms with E-state index >= 15 is 0 Å². The van der Waals surface area contributed by atoms with Crippen LogP contribution in [0.2, 0.25) is 0 Å². The fourth-order valence-electron chi connectivity index (χ4n) is 2.55. The van der Waals surface area contributed by atoms with Crippen molar-refractivity contribution < 1.29 is 9.84 Å². The van der Waals surface area contributed by atoms with E-state index in [0.29, 0.717) is 13.0 Å². The van der Waals surface area contributed by atoms with Gasteiger partial charge in [-0.1, -0.05) is 45.0 Å². The molecule has 1 aliphatic heterocycles. The Hall–Kier alpha value is -0.860. The van der Waals surface area contributed by atoms with Crippen LogP contribution < -0.4 is 0 Å². The third-order valence-electron chi connectivity index (χ3n) is 3.86. The first-order valence-corrected chi connectivity index (χ1v) is 6.74. The summed E-state index contributed by atoms with van der Waals surface area (Å²) < 4.78 is 5.89. The van der Waals surface area contributed by atoms with Crippen molar-refractivity contribution in [2.24, 2.45) is 0 Å². The van der Waals surface area contributed by atoms with Gasteiger partial charge in [0, 0.05) is 6.42 Å². The van der Waals surface area contributed by atoms with Crippen LogP contribution in [0.1, 0.15) is 51.7 Å². The molecule has 1 aliphatic rings. The fraction of sp³-hybridized carbons (Fsp3) is 0.625. The normalized spacial score (nSPS) is 29.3. The number of ether oxygens (including phenoxy) is 1. The van der Waals surface area contributed by atoms with Crippen molar-refractivity contribution in [3.8, 4) is 0 Å². The quantitative estimate of drug-likeness (QED) is 0.825. The zero-order valence-corrected chi connectivity index (χ0v) is 11.9. The van der Waals surface area contributed by atoms with Gasteiger partial charge < -0.3 is 9.84 Å². The summed E-state index contributed by atoms with van der Waals surface area (Å²) in [5.74, 6) is 0. The Labute approximate surface area is 110 Å². The highest BCUT2D eigenvalue weighted by Gasteiger charge is 2.34. The second-order valence-electron chi connectivity index (χ2n) is 6.55. The van der Waals surface area contributed by atoms with E-state index in [2.05, 4.69) is 52.0 Å². The van der Waals surface area contributed by atoms with Crippen molar-refractivity contribution in [1.82, 2.24) is 0 Å². The molecule has 0 saturated carbocycles. The standard InChI is InChI=1S/C16H24O2/c1-15(2,3)12-5-7-13(8-6-12)16(4)11-14(17)9-10-18-16/h5-8,14,17H,9-11H2,1-4H3. The molecule has 2 unspecified atom stereocenters. The van der Waals surface area contributed by atoms with Gasteiger partial charge in [0.2, 0.25) is 0 Å². The van der Waals surface area contributed by atoms with Gasteiger partial charge in [0.05, 0.1) is 18.3 Å². The van der Waals surface area contributed by atoms with Gasteiger partial charge in [0.15, 0.2) is 0 Å². The maximum atomic E-state index is 9.81. The molecule has 0 bridgehead atoms. The minimum Gasteiger partial charge on any atom is -0.393 e. The van der Waals surface area contributed by atoms with E-state index in [4.69, 9.17) is 4.74 Å². The molecule has 1 aromatic carbocycles. The average molecular weight is 248 g/mol. The summed E-state index contributed by atoms with van der Waals surface area (Å²) in [4.78, 5) is 0. The van der Waals surface area contributed by atoms with Gasteiger partial charge in [-0.2, -0.15) is 0 Å². The maximum absolute atomic E-state index is 9.81. The van der Waals surface area contributed by atoms with Gasteiger partial charge in [-0.05, 0) is 29.9 Å². The summed E-state index contributed by atoms with van der Waals surface area (Å²) in [5.41, 5.74) is 2.32. The lowest BCUT2D eigenvalue weighted by molar-refractivity contribution is -0.112. The molecule has 1 saturated heterocycles. The topological polar surface area (TPSA) is 29.5 Å². The molecule has 1 aromatic rings. The molecule has 100 valence electrons. The number of aliphatic hydroxyl groups is 1. The molecule has 1 fully saturated rings. The lowest BCUT2D eigenvalue weighted by atomic mass is 9.83. The zero-order valence-electron chi connectivity index (χ0n) is 11.9. The van der Waals surface area contributed by atoms with E-state index in [-0.39, 0.29) is 17.1 Å². The molecule has 0 spiro atoms. The molecule has 2 heteroatoms. The first kappa shape index (κ1) is 13.6. The van der Waals surface area contributed by atoms with Gasteiger partial charge in [0.25, 0.3) is 0 Å². The summed E-state index contributed by atoms with van der Waals surface area (Å²) in [6.07, 6.45) is 1.18. The van der Waals surface area contributed by atoms with E-state index in [9.17, 15) is 5.11 Å². The second-order valence-corrected chi connectivity index (χ2v) is 6.55. The molecule has 0 amide bonds. The van der Waals surface area contributed by atoms with Crippen LogP contribution in [-0.2, 0) is 15.8 Å². The first-order valence-electron chi connectivity index (χ1n) is 6.74. The molecule has 18 heavy (non-hydrogen) atoms. The predicted octanol–water partition coefficient (Wildman–Crippen LogP) is 3.37. The van der Waals surface area contributed by atoms with Crippen LogP contribution in [0.5, 0.6) is 0 Å². The highest BCUT2D eigenvalue weighted by Crippen LogP contribution is 2.35. The van der Waals surface area contributed by atoms with Crippen LogP contribution in [0.15, 0.2) is 24.3 Å². The third kappa shape index (κ3) is 2.76. The summed E-state index contributed by atoms with van der Waals surface area (Å²) >= 11 is 0. The zero-order chi connectivity index (χ0) is 13.4. The molecule has 2 rings (SSSR count). The van der Waals surface area contributed by atoms with Gasteiger partial charge in [0.1, 0.15) is 0 Å². The molecule has 1 heterocycles. The minimum atomic E-state index is -0.339. The molecule has 2 nitrogen and oxygen atoms in total. The summed E-state index contributed by atoms with van der Waals surface area (Å²) in [5, 5.41) is 9.81. The van der Waals surface area contributed by atoms with Crippen LogP contribution in [-0.4, -0.2) is 17.8 Å². The molecule has 0 radical (unpaired) electrons. The highest BCUT2D eigenvalue weighted by atomic mass is 16.5. The largest absolute Gasteiger partial charge is 0.393 e. The van der Waals surface area contributed by atoms with E-state index < -0.39 is 0 Å². The number of hydrogen-bond donors (Lipinski definition) is 1. The Balaban J connectivity index is 2.23. The van der Waals surface area contributed by atoms with Crippen molar-refractivity contribution >= 4 is 0 Å². The summed E-state index contributed by atoms with van der Waals surface area (Å²) in [6.45, 7) is 9.35. The van der Waals surface area contributed by atoms with Crippen LogP contribution in [0.4, 0.5) is 0 Å². The van der Waals surface area contributed by atoms with Crippen molar-refractivity contribution in [1.29, 1.82) is 0 Å². The van der Waals surface area contributed by atoms with E-state index in [1.54, 1.807) is 0 Å². The lowest BCUT2D eigenvalue weighted by Gasteiger charge is -2.37. The molecule has 0 aliphatic carbocycles. The Bertz CT molecular complexity index is 402. The fourth-order valence-corrected chi connectivity index (χ4v) is 2.55. The van der Waals surface area contributed by atoms with E-state index in [1.807, 2.05) is 0 Å². The first-order chi connectivity index (χ1) is 8.31. The van der Waals surface area contributed by atoms with Crippen LogP contribution >= 0.6 is 0 Å². The number of aliphatic hydroxyl groups excluding tert-OH is 1. The minimum absolute atomic E-state index is 0.173. The Morgan fingerprint density at radius 3 is 2.33 bits per heavy atom. The van der Waals surface area contributed by atoms with Crippen LogP contribution in [0.3, 0.4) is 0 Å². The van der Waals surface area contributed by atoms with Gasteiger partial charge in [-0.15, -0.1) is 0 Å². The molecule has 2 atom stereocenters. The van der Waals surface area contributed by atoms with E-state index in [1.165, 1.54) is 5.56 Å². The van der Waals surface area contributed by atoms with Gasteiger partial charge in [-0.3, -0.25) is 0 Å². The Morgan fingerprint density at radius 1 is 1.22 bits per heavy atom. The van der Waals surface area contributed by atoms with Gasteiger partial charge in [-0.25, -0.2) is 0 Å². The molecular weight excluding hydrogens is 224 g/mol. The Kier molecular flexibility index (Phi) is 3.52. The third-order valence-corrected chi connectivity index (χ3v) is 3.86. The van der Waals surface area contributed by atoms with Crippen molar-refractivity contribution in [2.75, 3.05) is 6.61 Å². The average Bonchev–Trinajstić information content (AvgIpc) is 2.28. The van der Waals surface area contributed by atoms with Crippen molar-refractivity contribution in [2.45, 2.75) is 57.7 Å². The SMILES string of the molecule is CC(C)(C)c1ccc(C2(C)CC(O)CCO2)cc1. The number of hydrogen-bond acceptors (Lipinski definition) is 2. The smallest absolute Gasteiger partial charge is 0.0927 e. The van der Waals surface area contributed by atoms with Crippen LogP contribution in [0, 0.1) is 0 Å². The summed E-state index contributed by atoms with van der Waals surface area (Å²) in [7, 11) is 0. The Morgan fingerprint density at radius 2 is 1.83 bits per heavy atom. The number of benzene rings is 1. The van der Waals surface area contributed by atoms with Crippen molar-refractivity contribution in [3.05, 3.63) is 35.4 Å². The highest BCUT2D eigenvalue weighted by molar-refractivity contribution is 5.31.